The topological polar surface area (TPSA) is 149 Å². The SMILES string of the molecule is CC[C@H](C)C1C(=O)N(C)[C@@H](C)C(=O)O[C@H](C(C)(C)C)C[C@@H](C)C[C@H](O)[C@@H](C)C2=N[C@@H](/C=C(\C)C(=O)N[C@@H](C)C(=O)N(C)[C@@H](C)C(=O)N1C)CS2. The number of aliphatic hydroxyl groups is 1. The number of nitrogens with zero attached hydrogens (tertiary/aromatic N) is 4. The molecule has 0 fully saturated rings. The van der Waals surface area contributed by atoms with Crippen LogP contribution in [-0.2, 0) is 28.7 Å². The zero-order valence-electron chi connectivity index (χ0n) is 32.8. The molecule has 2 aliphatic heterocycles. The summed E-state index contributed by atoms with van der Waals surface area (Å²) in [6.07, 6.45) is 2.17. The number of esters is 1. The Balaban J connectivity index is 2.53. The van der Waals surface area contributed by atoms with E-state index >= 15 is 0 Å². The Morgan fingerprint density at radius 2 is 1.52 bits per heavy atom. The maximum atomic E-state index is 14.1. The van der Waals surface area contributed by atoms with Crippen molar-refractivity contribution in [3.8, 4) is 0 Å². The number of aliphatic imine (C=N–C) groups is 1. The quantitative estimate of drug-likeness (QED) is 0.408. The molecule has 0 aromatic heterocycles. The van der Waals surface area contributed by atoms with Crippen molar-refractivity contribution in [3.05, 3.63) is 11.6 Å². The number of rotatable bonds is 2. The maximum absolute atomic E-state index is 14.1. The van der Waals surface area contributed by atoms with Crippen molar-refractivity contribution in [2.75, 3.05) is 26.9 Å². The molecule has 2 bridgehead atoms. The largest absolute Gasteiger partial charge is 0.460 e. The van der Waals surface area contributed by atoms with E-state index in [1.807, 2.05) is 48.5 Å². The molecule has 0 saturated carbocycles. The molecular formula is C37H63N5O7S. The molecule has 4 amide bonds. The van der Waals surface area contributed by atoms with Crippen LogP contribution in [0.5, 0.6) is 0 Å². The Morgan fingerprint density at radius 3 is 2.08 bits per heavy atom. The van der Waals surface area contributed by atoms with Gasteiger partial charge in [-0.1, -0.05) is 61.0 Å². The number of carbonyl (C=O) groups excluding carboxylic acids is 5. The number of amides is 4. The van der Waals surface area contributed by atoms with Crippen molar-refractivity contribution in [2.24, 2.45) is 28.2 Å². The van der Waals surface area contributed by atoms with Gasteiger partial charge in [0.25, 0.3) is 0 Å². The summed E-state index contributed by atoms with van der Waals surface area (Å²) in [7, 11) is 4.57. The Labute approximate surface area is 304 Å². The number of hydrogen-bond donors (Lipinski definition) is 2. The minimum atomic E-state index is -0.944. The monoisotopic (exact) mass is 721 g/mol. The van der Waals surface area contributed by atoms with Crippen LogP contribution < -0.4 is 5.32 Å². The highest BCUT2D eigenvalue weighted by atomic mass is 32.2. The fourth-order valence-corrected chi connectivity index (χ4v) is 7.35. The number of hydrogen-bond acceptors (Lipinski definition) is 9. The van der Waals surface area contributed by atoms with Crippen LogP contribution in [0, 0.1) is 23.2 Å². The molecule has 0 aromatic carbocycles. The second-order valence-corrected chi connectivity index (χ2v) is 16.7. The molecule has 1 unspecified atom stereocenters. The molecule has 0 aromatic rings. The van der Waals surface area contributed by atoms with Crippen LogP contribution in [0.4, 0.5) is 0 Å². The molecule has 0 aliphatic carbocycles. The van der Waals surface area contributed by atoms with Crippen LogP contribution in [-0.4, -0.2) is 124 Å². The van der Waals surface area contributed by atoms with E-state index in [-0.39, 0.29) is 23.8 Å². The number of aliphatic hydroxyl groups excluding tert-OH is 1. The van der Waals surface area contributed by atoms with Gasteiger partial charge in [0.15, 0.2) is 0 Å². The third-order valence-electron chi connectivity index (χ3n) is 10.4. The minimum absolute atomic E-state index is 0.00141. The Morgan fingerprint density at radius 1 is 0.940 bits per heavy atom. The van der Waals surface area contributed by atoms with Crippen molar-refractivity contribution in [2.45, 2.75) is 138 Å². The summed E-state index contributed by atoms with van der Waals surface area (Å²) in [4.78, 5) is 76.8. The molecule has 2 aliphatic rings. The zero-order chi connectivity index (χ0) is 38.4. The summed E-state index contributed by atoms with van der Waals surface area (Å²) in [6, 6.07) is -3.97. The summed E-state index contributed by atoms with van der Waals surface area (Å²) >= 11 is 1.56. The van der Waals surface area contributed by atoms with Gasteiger partial charge in [-0.3, -0.25) is 24.2 Å². The van der Waals surface area contributed by atoms with E-state index < -0.39 is 71.4 Å². The molecule has 2 heterocycles. The highest BCUT2D eigenvalue weighted by molar-refractivity contribution is 8.14. The number of thioether (sulfide) groups is 1. The third kappa shape index (κ3) is 10.8. The van der Waals surface area contributed by atoms with Gasteiger partial charge in [-0.05, 0) is 57.8 Å². The molecule has 50 heavy (non-hydrogen) atoms. The second kappa shape index (κ2) is 18.0. The van der Waals surface area contributed by atoms with Gasteiger partial charge in [-0.25, -0.2) is 4.79 Å². The minimum Gasteiger partial charge on any atom is -0.460 e. The van der Waals surface area contributed by atoms with Crippen molar-refractivity contribution >= 4 is 46.4 Å². The molecule has 2 N–H and O–H groups in total. The molecule has 284 valence electrons. The third-order valence-corrected chi connectivity index (χ3v) is 11.7. The van der Waals surface area contributed by atoms with Crippen LogP contribution in [0.3, 0.4) is 0 Å². The van der Waals surface area contributed by atoms with Crippen LogP contribution in [0.1, 0.15) is 95.4 Å². The predicted molar refractivity (Wildman–Crippen MR) is 198 cm³/mol. The summed E-state index contributed by atoms with van der Waals surface area (Å²) in [5.74, 6) is -2.15. The molecular weight excluding hydrogens is 659 g/mol. The van der Waals surface area contributed by atoms with Crippen LogP contribution >= 0.6 is 11.8 Å². The van der Waals surface area contributed by atoms with Gasteiger partial charge < -0.3 is 29.9 Å². The lowest BCUT2D eigenvalue weighted by Crippen LogP contribution is -2.59. The summed E-state index contributed by atoms with van der Waals surface area (Å²) < 4.78 is 6.11. The fraction of sp³-hybridized carbons (Fsp3) is 0.784. The first-order valence-electron chi connectivity index (χ1n) is 17.9. The van der Waals surface area contributed by atoms with E-state index in [4.69, 9.17) is 9.73 Å². The van der Waals surface area contributed by atoms with Gasteiger partial charge >= 0.3 is 5.97 Å². The van der Waals surface area contributed by atoms with Crippen LogP contribution in [0.15, 0.2) is 16.6 Å². The van der Waals surface area contributed by atoms with Crippen LogP contribution in [0.2, 0.25) is 0 Å². The van der Waals surface area contributed by atoms with Gasteiger partial charge in [0.2, 0.25) is 23.6 Å². The van der Waals surface area contributed by atoms with E-state index in [0.29, 0.717) is 30.6 Å². The van der Waals surface area contributed by atoms with E-state index in [0.717, 1.165) is 5.04 Å². The molecule has 0 saturated heterocycles. The summed E-state index contributed by atoms with van der Waals surface area (Å²) in [6.45, 7) is 20.2. The number of ether oxygens (including phenoxy) is 1. The first-order valence-corrected chi connectivity index (χ1v) is 18.9. The smallest absolute Gasteiger partial charge is 0.328 e. The molecule has 2 rings (SSSR count). The average Bonchev–Trinajstić information content (AvgIpc) is 3.52. The fourth-order valence-electron chi connectivity index (χ4n) is 6.20. The van der Waals surface area contributed by atoms with E-state index in [1.54, 1.807) is 45.5 Å². The van der Waals surface area contributed by atoms with Gasteiger partial charge in [-0.15, -0.1) is 11.8 Å². The lowest BCUT2D eigenvalue weighted by molar-refractivity contribution is -0.166. The lowest BCUT2D eigenvalue weighted by atomic mass is 9.81. The Bertz CT molecular complexity index is 1310. The van der Waals surface area contributed by atoms with E-state index in [2.05, 4.69) is 5.32 Å². The van der Waals surface area contributed by atoms with Gasteiger partial charge in [0.05, 0.1) is 17.2 Å². The standard InChI is InChI=1S/C37H63N5O7S/c1-15-21(3)30-35(47)41(13)26(8)36(48)49-29(37(9,10)11)17-20(2)16-28(43)23(5)32-39-27(19-50-32)18-22(4)31(44)38-24(6)33(45)40(12)25(7)34(46)42(30)14/h18,20-21,23-30,43H,15-17,19H2,1-14H3,(H,38,44)/b22-18+/t20-,21-,23+,24-,25-,26-,27-,28-,29-,30?/m0/s1. The predicted octanol–water partition coefficient (Wildman–Crippen LogP) is 3.90. The van der Waals surface area contributed by atoms with E-state index in [9.17, 15) is 29.1 Å². The number of likely N-dealkylation sites (N-methyl/N-ethyl adjacent to an activating group) is 3. The Hall–Kier alpha value is -2.93. The van der Waals surface area contributed by atoms with Crippen molar-refractivity contribution in [1.82, 2.24) is 20.0 Å². The first-order chi connectivity index (χ1) is 23.0. The van der Waals surface area contributed by atoms with Crippen molar-refractivity contribution in [3.63, 3.8) is 0 Å². The maximum Gasteiger partial charge on any atom is 0.328 e. The molecule has 12 nitrogen and oxygen atoms in total. The molecule has 13 heteroatoms. The number of cyclic esters (lactones) is 1. The lowest BCUT2D eigenvalue weighted by Gasteiger charge is -2.39. The van der Waals surface area contributed by atoms with Crippen LogP contribution in [0.25, 0.3) is 0 Å². The highest BCUT2D eigenvalue weighted by Crippen LogP contribution is 2.33. The number of fused-ring (bicyclic) bond motifs is 1. The summed E-state index contributed by atoms with van der Waals surface area (Å²) in [5.41, 5.74) is 0.0000319. The number of nitrogens with one attached hydrogen (secondary N) is 1. The second-order valence-electron chi connectivity index (χ2n) is 15.6. The van der Waals surface area contributed by atoms with Gasteiger partial charge in [0, 0.05) is 38.4 Å². The number of carbonyl (C=O) groups is 5. The molecule has 0 spiro atoms. The van der Waals surface area contributed by atoms with E-state index in [1.165, 1.54) is 35.8 Å². The van der Waals surface area contributed by atoms with Crippen molar-refractivity contribution < 1.29 is 33.8 Å². The first kappa shape index (κ1) is 43.2. The van der Waals surface area contributed by atoms with Gasteiger partial charge in [0.1, 0.15) is 30.3 Å². The Kier molecular flexibility index (Phi) is 15.6. The van der Waals surface area contributed by atoms with Gasteiger partial charge in [-0.2, -0.15) is 0 Å². The highest BCUT2D eigenvalue weighted by Gasteiger charge is 2.40. The summed E-state index contributed by atoms with van der Waals surface area (Å²) in [5, 5.41) is 14.8. The van der Waals surface area contributed by atoms with Crippen molar-refractivity contribution in [1.29, 1.82) is 0 Å². The molecule has 0 radical (unpaired) electrons. The molecule has 10 atom stereocenters. The average molecular weight is 722 g/mol. The zero-order valence-corrected chi connectivity index (χ0v) is 33.6. The normalized spacial score (nSPS) is 34.3.